The molecule has 0 spiro atoms. The number of benzene rings is 2. The van der Waals surface area contributed by atoms with Crippen molar-refractivity contribution in [2.24, 2.45) is 5.10 Å². The van der Waals surface area contributed by atoms with Crippen molar-refractivity contribution in [3.63, 3.8) is 0 Å². The van der Waals surface area contributed by atoms with Gasteiger partial charge in [-0.1, -0.05) is 18.2 Å². The largest absolute Gasteiger partial charge is 0.504 e. The van der Waals surface area contributed by atoms with Crippen LogP contribution < -0.4 is 20.2 Å². The van der Waals surface area contributed by atoms with Crippen LogP contribution in [-0.4, -0.2) is 37.4 Å². The summed E-state index contributed by atoms with van der Waals surface area (Å²) in [4.78, 5) is 24.0. The van der Waals surface area contributed by atoms with Gasteiger partial charge in [-0.15, -0.1) is 6.58 Å². The molecule has 0 aliphatic rings. The molecule has 0 aliphatic carbocycles. The average molecular weight is 397 g/mol. The van der Waals surface area contributed by atoms with E-state index >= 15 is 0 Å². The quantitative estimate of drug-likeness (QED) is 0.261. The molecule has 0 heterocycles. The number of hydrazone groups is 1. The number of methoxy groups -OCH3 is 2. The highest BCUT2D eigenvalue weighted by Gasteiger charge is 2.12. The zero-order valence-electron chi connectivity index (χ0n) is 16.3. The van der Waals surface area contributed by atoms with Gasteiger partial charge in [0.1, 0.15) is 12.2 Å². The summed E-state index contributed by atoms with van der Waals surface area (Å²) in [6, 6.07) is 10.2. The number of para-hydroxylation sites is 2. The Kier molecular flexibility index (Phi) is 7.78. The summed E-state index contributed by atoms with van der Waals surface area (Å²) < 4.78 is 10.3. The van der Waals surface area contributed by atoms with E-state index in [1.807, 2.05) is 0 Å². The monoisotopic (exact) mass is 397 g/mol. The van der Waals surface area contributed by atoms with Crippen LogP contribution in [0.3, 0.4) is 0 Å². The third kappa shape index (κ3) is 6.10. The van der Waals surface area contributed by atoms with Gasteiger partial charge in [0.15, 0.2) is 11.5 Å². The Hall–Kier alpha value is -3.81. The van der Waals surface area contributed by atoms with Gasteiger partial charge >= 0.3 is 0 Å². The van der Waals surface area contributed by atoms with E-state index in [0.717, 1.165) is 0 Å². The van der Waals surface area contributed by atoms with Crippen LogP contribution in [0.25, 0.3) is 0 Å². The minimum Gasteiger partial charge on any atom is -0.504 e. The molecule has 152 valence electrons. The topological polar surface area (TPSA) is 109 Å². The number of rotatable bonds is 9. The molecule has 0 aliphatic heterocycles. The Balaban J connectivity index is 1.96. The van der Waals surface area contributed by atoms with Gasteiger partial charge in [-0.2, -0.15) is 5.10 Å². The number of nitrogens with one attached hydrogen (secondary N) is 2. The van der Waals surface area contributed by atoms with Crippen LogP contribution in [0.2, 0.25) is 0 Å². The maximum absolute atomic E-state index is 12.0. The number of aromatic hydroxyl groups is 1. The number of hydrogen-bond donors (Lipinski definition) is 3. The van der Waals surface area contributed by atoms with Crippen LogP contribution in [0.5, 0.6) is 17.2 Å². The van der Waals surface area contributed by atoms with E-state index in [-0.39, 0.29) is 11.5 Å². The fourth-order valence-corrected chi connectivity index (χ4v) is 2.54. The summed E-state index contributed by atoms with van der Waals surface area (Å²) in [5, 5.41) is 16.5. The lowest BCUT2D eigenvalue weighted by Crippen LogP contribution is -2.24. The van der Waals surface area contributed by atoms with Crippen LogP contribution in [-0.2, 0) is 16.0 Å². The Bertz CT molecular complexity index is 925. The predicted octanol–water partition coefficient (Wildman–Crippen LogP) is 2.62. The van der Waals surface area contributed by atoms with Crippen molar-refractivity contribution >= 4 is 23.7 Å². The molecule has 2 aromatic rings. The van der Waals surface area contributed by atoms with E-state index in [1.54, 1.807) is 42.5 Å². The van der Waals surface area contributed by atoms with E-state index in [0.29, 0.717) is 29.0 Å². The van der Waals surface area contributed by atoms with Crippen LogP contribution in [0, 0.1) is 0 Å². The summed E-state index contributed by atoms with van der Waals surface area (Å²) in [7, 11) is 2.93. The molecule has 2 amide bonds. The molecule has 0 saturated heterocycles. The number of anilines is 1. The van der Waals surface area contributed by atoms with E-state index in [2.05, 4.69) is 22.4 Å². The zero-order valence-corrected chi connectivity index (χ0v) is 16.3. The molecule has 8 heteroatoms. The number of ether oxygens (including phenoxy) is 2. The lowest BCUT2D eigenvalue weighted by Gasteiger charge is -2.09. The minimum absolute atomic E-state index is 0.0293. The lowest BCUT2D eigenvalue weighted by molar-refractivity contribution is -0.126. The molecule has 0 fully saturated rings. The van der Waals surface area contributed by atoms with Gasteiger partial charge in [-0.3, -0.25) is 9.59 Å². The highest BCUT2D eigenvalue weighted by Crippen LogP contribution is 2.31. The molecule has 2 aromatic carbocycles. The average Bonchev–Trinajstić information content (AvgIpc) is 2.70. The van der Waals surface area contributed by atoms with Gasteiger partial charge < -0.3 is 19.9 Å². The van der Waals surface area contributed by atoms with Crippen molar-refractivity contribution in [3.05, 3.63) is 60.2 Å². The summed E-state index contributed by atoms with van der Waals surface area (Å²) in [6.07, 6.45) is 3.08. The Morgan fingerprint density at radius 2 is 1.86 bits per heavy atom. The van der Waals surface area contributed by atoms with Gasteiger partial charge in [0.25, 0.3) is 0 Å². The van der Waals surface area contributed by atoms with E-state index in [1.165, 1.54) is 20.4 Å². The second kappa shape index (κ2) is 10.5. The number of amides is 2. The van der Waals surface area contributed by atoms with Crippen molar-refractivity contribution in [1.82, 2.24) is 5.43 Å². The molecule has 0 unspecified atom stereocenters. The summed E-state index contributed by atoms with van der Waals surface area (Å²) in [5.74, 6) is -0.265. The van der Waals surface area contributed by atoms with Gasteiger partial charge in [-0.05, 0) is 36.2 Å². The van der Waals surface area contributed by atoms with Crippen LogP contribution >= 0.6 is 0 Å². The molecule has 0 saturated carbocycles. The van der Waals surface area contributed by atoms with Crippen molar-refractivity contribution in [2.45, 2.75) is 12.8 Å². The molecule has 0 aromatic heterocycles. The number of nitrogens with zero attached hydrogens (tertiary/aromatic N) is 1. The van der Waals surface area contributed by atoms with Crippen molar-refractivity contribution in [2.75, 3.05) is 19.5 Å². The summed E-state index contributed by atoms with van der Waals surface area (Å²) >= 11 is 0. The second-order valence-electron chi connectivity index (χ2n) is 5.94. The molecule has 2 rings (SSSR count). The molecule has 29 heavy (non-hydrogen) atoms. The Morgan fingerprint density at radius 1 is 1.14 bits per heavy atom. The first kappa shape index (κ1) is 21.5. The Morgan fingerprint density at radius 3 is 2.55 bits per heavy atom. The summed E-state index contributed by atoms with van der Waals surface area (Å²) in [6.45, 7) is 3.65. The van der Waals surface area contributed by atoms with Crippen LogP contribution in [0.4, 0.5) is 5.69 Å². The summed E-state index contributed by atoms with van der Waals surface area (Å²) in [5.41, 5.74) is 3.99. The fourth-order valence-electron chi connectivity index (χ4n) is 2.54. The number of allylic oxidation sites excluding steroid dienone is 1. The van der Waals surface area contributed by atoms with Crippen molar-refractivity contribution in [3.8, 4) is 17.2 Å². The van der Waals surface area contributed by atoms with Crippen LogP contribution in [0.15, 0.2) is 54.2 Å². The third-order valence-electron chi connectivity index (χ3n) is 3.87. The van der Waals surface area contributed by atoms with Gasteiger partial charge in [0.05, 0.1) is 26.1 Å². The van der Waals surface area contributed by atoms with E-state index in [4.69, 9.17) is 9.47 Å². The standard InChI is InChI=1S/C21H23N3O5/c1-4-7-15-10-14(11-18(29-3)21(15)27)13-22-24-20(26)12-19(25)23-16-8-5-6-9-17(16)28-2/h4-6,8-11,13,27H,1,7,12H2,2-3H3,(H,23,25)(H,24,26)/b22-13+. The fraction of sp³-hybridized carbons (Fsp3) is 0.190. The third-order valence-corrected chi connectivity index (χ3v) is 3.87. The number of carbonyl (C=O) groups excluding carboxylic acids is 2. The second-order valence-corrected chi connectivity index (χ2v) is 5.94. The van der Waals surface area contributed by atoms with Crippen molar-refractivity contribution < 1.29 is 24.2 Å². The smallest absolute Gasteiger partial charge is 0.249 e. The first-order valence-electron chi connectivity index (χ1n) is 8.74. The van der Waals surface area contributed by atoms with Gasteiger partial charge in [0.2, 0.25) is 11.8 Å². The molecule has 0 radical (unpaired) electrons. The molecule has 0 atom stereocenters. The maximum Gasteiger partial charge on any atom is 0.249 e. The maximum atomic E-state index is 12.0. The van der Waals surface area contributed by atoms with Crippen molar-refractivity contribution in [1.29, 1.82) is 0 Å². The molecule has 8 nitrogen and oxygen atoms in total. The molecular formula is C21H23N3O5. The highest BCUT2D eigenvalue weighted by atomic mass is 16.5. The molecule has 0 bridgehead atoms. The normalized spacial score (nSPS) is 10.4. The predicted molar refractivity (Wildman–Crippen MR) is 111 cm³/mol. The van der Waals surface area contributed by atoms with Crippen LogP contribution in [0.1, 0.15) is 17.5 Å². The van der Waals surface area contributed by atoms with E-state index < -0.39 is 18.2 Å². The van der Waals surface area contributed by atoms with Gasteiger partial charge in [-0.25, -0.2) is 5.43 Å². The van der Waals surface area contributed by atoms with Gasteiger partial charge in [0, 0.05) is 5.56 Å². The lowest BCUT2D eigenvalue weighted by atomic mass is 10.1. The number of carbonyl (C=O) groups is 2. The number of hydrogen-bond acceptors (Lipinski definition) is 6. The number of phenolic OH excluding ortho intramolecular Hbond substituents is 1. The molecular weight excluding hydrogens is 374 g/mol. The minimum atomic E-state index is -0.578. The highest BCUT2D eigenvalue weighted by molar-refractivity contribution is 6.04. The zero-order chi connectivity index (χ0) is 21.2. The first-order chi connectivity index (χ1) is 14.0. The number of phenols is 1. The van der Waals surface area contributed by atoms with E-state index in [9.17, 15) is 14.7 Å². The Labute approximate surface area is 168 Å². The SMILES string of the molecule is C=CCc1cc(/C=N/NC(=O)CC(=O)Nc2ccccc2OC)cc(OC)c1O. The first-order valence-corrected chi connectivity index (χ1v) is 8.74. The molecule has 3 N–H and O–H groups in total.